The van der Waals surface area contributed by atoms with Gasteiger partial charge in [-0.15, -0.1) is 58.8 Å². The molecule has 0 atom stereocenters. The summed E-state index contributed by atoms with van der Waals surface area (Å²) >= 11 is 9.65. The molecule has 0 aliphatic carbocycles. The number of benzene rings is 2. The van der Waals surface area contributed by atoms with Gasteiger partial charge in [-0.2, -0.15) is 0 Å². The van der Waals surface area contributed by atoms with Crippen LogP contribution in [0.2, 0.25) is 0 Å². The third-order valence-electron chi connectivity index (χ3n) is 3.89. The zero-order chi connectivity index (χ0) is 20.5. The first-order valence-electron chi connectivity index (χ1n) is 9.85. The van der Waals surface area contributed by atoms with Crippen molar-refractivity contribution < 1.29 is 0 Å². The highest BCUT2D eigenvalue weighted by molar-refractivity contribution is 8.01. The Bertz CT molecular complexity index is 722. The van der Waals surface area contributed by atoms with Gasteiger partial charge in [-0.25, -0.2) is 0 Å². The van der Waals surface area contributed by atoms with Crippen LogP contribution in [0.25, 0.3) is 11.1 Å². The topological polar surface area (TPSA) is 26.0 Å². The number of hydrogen-bond donors (Lipinski definition) is 1. The lowest BCUT2D eigenvalue weighted by Gasteiger charge is -2.21. The van der Waals surface area contributed by atoms with Crippen LogP contribution >= 0.6 is 58.8 Å². The van der Waals surface area contributed by atoms with Gasteiger partial charge in [0.15, 0.2) is 0 Å². The van der Waals surface area contributed by atoms with E-state index < -0.39 is 0 Å². The second kappa shape index (κ2) is 12.6. The second-order valence-electron chi connectivity index (χ2n) is 5.85. The van der Waals surface area contributed by atoms with Gasteiger partial charge in [-0.3, -0.25) is 0 Å². The minimum atomic E-state index is 0.864. The zero-order valence-corrected chi connectivity index (χ0v) is 21.5. The summed E-state index contributed by atoms with van der Waals surface area (Å²) in [5.74, 6) is 5.34. The lowest BCUT2D eigenvalue weighted by Crippen LogP contribution is -1.97. The molecular weight excluding hydrogens is 439 g/mol. The summed E-state index contributed by atoms with van der Waals surface area (Å²) in [6, 6.07) is 9.13. The third-order valence-corrected chi connectivity index (χ3v) is 8.43. The molecule has 1 nitrogen and oxygen atoms in total. The van der Waals surface area contributed by atoms with Crippen LogP contribution in [0.3, 0.4) is 0 Å². The Kier molecular flexibility index (Phi) is 10.9. The van der Waals surface area contributed by atoms with E-state index in [4.69, 9.17) is 5.73 Å². The molecule has 0 radical (unpaired) electrons. The monoisotopic (exact) mass is 469 g/mol. The Labute approximate surface area is 192 Å². The van der Waals surface area contributed by atoms with Gasteiger partial charge >= 0.3 is 0 Å². The van der Waals surface area contributed by atoms with Crippen molar-refractivity contribution >= 4 is 64.5 Å². The zero-order valence-electron chi connectivity index (χ0n) is 17.5. The van der Waals surface area contributed by atoms with Gasteiger partial charge in [0.05, 0.1) is 0 Å². The Morgan fingerprint density at radius 2 is 0.857 bits per heavy atom. The first-order chi connectivity index (χ1) is 13.6. The molecule has 28 heavy (non-hydrogen) atoms. The van der Waals surface area contributed by atoms with Gasteiger partial charge < -0.3 is 5.73 Å². The molecule has 6 heteroatoms. The van der Waals surface area contributed by atoms with E-state index in [0.717, 1.165) is 34.5 Å². The van der Waals surface area contributed by atoms with Crippen molar-refractivity contribution in [3.63, 3.8) is 0 Å². The predicted octanol–water partition coefficient (Wildman–Crippen LogP) is 8.50. The van der Waals surface area contributed by atoms with E-state index in [1.165, 1.54) is 35.6 Å². The molecule has 0 bridgehead atoms. The van der Waals surface area contributed by atoms with Gasteiger partial charge in [-0.1, -0.05) is 34.6 Å². The van der Waals surface area contributed by atoms with E-state index in [1.54, 1.807) is 0 Å². The molecule has 0 saturated heterocycles. The van der Waals surface area contributed by atoms with Crippen molar-refractivity contribution in [1.82, 2.24) is 0 Å². The number of nitrogen functional groups attached to an aromatic ring is 1. The lowest BCUT2D eigenvalue weighted by molar-refractivity contribution is 1.19. The van der Waals surface area contributed by atoms with Crippen LogP contribution in [0.1, 0.15) is 34.6 Å². The molecule has 2 aromatic rings. The highest BCUT2D eigenvalue weighted by Gasteiger charge is 2.21. The fourth-order valence-electron chi connectivity index (χ4n) is 3.00. The van der Waals surface area contributed by atoms with Crippen molar-refractivity contribution in [3.8, 4) is 11.1 Å². The van der Waals surface area contributed by atoms with Gasteiger partial charge in [0.2, 0.25) is 0 Å². The van der Waals surface area contributed by atoms with Crippen LogP contribution in [0, 0.1) is 0 Å². The first kappa shape index (κ1) is 24.3. The Balaban J connectivity index is 2.83. The van der Waals surface area contributed by atoms with E-state index >= 15 is 0 Å². The summed E-state index contributed by atoms with van der Waals surface area (Å²) in [7, 11) is 0. The number of rotatable bonds is 11. The van der Waals surface area contributed by atoms with Crippen molar-refractivity contribution in [2.45, 2.75) is 59.1 Å². The Morgan fingerprint density at radius 3 is 1.18 bits per heavy atom. The molecule has 0 spiro atoms. The fourth-order valence-corrected chi connectivity index (χ4v) is 7.54. The molecule has 0 aliphatic rings. The van der Waals surface area contributed by atoms with E-state index in [9.17, 15) is 0 Å². The average Bonchev–Trinajstić information content (AvgIpc) is 2.64. The molecule has 0 fully saturated rings. The lowest BCUT2D eigenvalue weighted by atomic mass is 10.0. The van der Waals surface area contributed by atoms with Crippen LogP contribution in [0.4, 0.5) is 5.69 Å². The van der Waals surface area contributed by atoms with E-state index in [2.05, 4.69) is 58.9 Å². The fraction of sp³-hybridized carbons (Fsp3) is 0.455. The maximum Gasteiger partial charge on any atom is 0.0336 e. The highest BCUT2D eigenvalue weighted by atomic mass is 32.2. The summed E-state index contributed by atoms with van der Waals surface area (Å²) in [5.41, 5.74) is 9.94. The second-order valence-corrected chi connectivity index (χ2v) is 12.4. The Morgan fingerprint density at radius 1 is 0.536 bits per heavy atom. The molecular formula is C22H31NS5. The number of hydrogen-bond acceptors (Lipinski definition) is 6. The average molecular weight is 470 g/mol. The van der Waals surface area contributed by atoms with Crippen molar-refractivity contribution in [3.05, 3.63) is 24.3 Å². The minimum absolute atomic E-state index is 0.864. The van der Waals surface area contributed by atoms with Gasteiger partial charge in [0.25, 0.3) is 0 Å². The van der Waals surface area contributed by atoms with Crippen molar-refractivity contribution in [1.29, 1.82) is 0 Å². The normalized spacial score (nSPS) is 11.2. The van der Waals surface area contributed by atoms with E-state index in [0.29, 0.717) is 0 Å². The molecule has 154 valence electrons. The Hall–Kier alpha value is -0.0100. The molecule has 0 amide bonds. The summed E-state index contributed by atoms with van der Waals surface area (Å²) < 4.78 is 0. The van der Waals surface area contributed by atoms with Crippen molar-refractivity contribution in [2.24, 2.45) is 0 Å². The molecule has 2 N–H and O–H groups in total. The van der Waals surface area contributed by atoms with Gasteiger partial charge in [-0.05, 0) is 53.0 Å². The summed E-state index contributed by atoms with van der Waals surface area (Å²) in [6.07, 6.45) is 0. The first-order valence-corrected chi connectivity index (χ1v) is 14.8. The smallest absolute Gasteiger partial charge is 0.0336 e. The molecule has 2 rings (SSSR count). The van der Waals surface area contributed by atoms with Crippen LogP contribution < -0.4 is 5.73 Å². The maximum absolute atomic E-state index is 6.28. The highest BCUT2D eigenvalue weighted by Crippen LogP contribution is 2.49. The summed E-state index contributed by atoms with van der Waals surface area (Å²) in [4.78, 5) is 6.80. The van der Waals surface area contributed by atoms with Crippen molar-refractivity contribution in [2.75, 3.05) is 34.5 Å². The van der Waals surface area contributed by atoms with Gasteiger partial charge in [0, 0.05) is 41.3 Å². The maximum atomic E-state index is 6.28. The standard InChI is InChI=1S/C22H31NS5/c1-6-24-16-13-19(27-9-4)22(20(14-16)28-10-5)21-17(25-7-2)11-15(23)12-18(21)26-8-3/h11-14H,6-10,23H2,1-5H3. The molecule has 0 aliphatic heterocycles. The largest absolute Gasteiger partial charge is 0.399 e. The summed E-state index contributed by atoms with van der Waals surface area (Å²) in [5, 5.41) is 0. The van der Waals surface area contributed by atoms with E-state index in [-0.39, 0.29) is 0 Å². The SMILES string of the molecule is CCSc1cc(SCC)c(-c2c(SCC)cc(N)cc2SCC)c(SCC)c1. The van der Waals surface area contributed by atoms with Crippen LogP contribution in [0.5, 0.6) is 0 Å². The molecule has 0 unspecified atom stereocenters. The quantitative estimate of drug-likeness (QED) is 0.262. The van der Waals surface area contributed by atoms with E-state index in [1.807, 2.05) is 58.8 Å². The van der Waals surface area contributed by atoms with Gasteiger partial charge in [0.1, 0.15) is 0 Å². The summed E-state index contributed by atoms with van der Waals surface area (Å²) in [6.45, 7) is 11.1. The van der Waals surface area contributed by atoms with Crippen LogP contribution in [0.15, 0.2) is 48.7 Å². The molecule has 0 aromatic heterocycles. The minimum Gasteiger partial charge on any atom is -0.399 e. The number of nitrogens with two attached hydrogens (primary N) is 1. The molecule has 2 aromatic carbocycles. The van der Waals surface area contributed by atoms with Crippen LogP contribution in [-0.2, 0) is 0 Å². The third kappa shape index (κ3) is 6.24. The molecule has 0 saturated carbocycles. The van der Waals surface area contributed by atoms with Crippen LogP contribution in [-0.4, -0.2) is 28.8 Å². The predicted molar refractivity (Wildman–Crippen MR) is 138 cm³/mol. The molecule has 0 heterocycles. The number of anilines is 1. The number of thioether (sulfide) groups is 5.